The summed E-state index contributed by atoms with van der Waals surface area (Å²) in [7, 11) is 0. The Labute approximate surface area is 135 Å². The zero-order valence-electron chi connectivity index (χ0n) is 14.3. The van der Waals surface area contributed by atoms with Gasteiger partial charge < -0.3 is 10.2 Å². The number of carbonyl (C=O) groups is 2. The number of hydrogen-bond donors (Lipinski definition) is 1. The summed E-state index contributed by atoms with van der Waals surface area (Å²) in [6.07, 6.45) is 8.49. The third-order valence-corrected chi connectivity index (χ3v) is 5.15. The Balaban J connectivity index is 1.70. The summed E-state index contributed by atoms with van der Waals surface area (Å²) in [6, 6.07) is 0. The van der Waals surface area contributed by atoms with Gasteiger partial charge in [-0.15, -0.1) is 0 Å². The maximum atomic E-state index is 12.5. The Bertz CT molecular complexity index is 367. The number of nitrogens with one attached hydrogen (secondary N) is 1. The maximum Gasteiger partial charge on any atom is 0.225 e. The van der Waals surface area contributed by atoms with E-state index in [1.54, 1.807) is 0 Å². The van der Waals surface area contributed by atoms with Gasteiger partial charge in [0.1, 0.15) is 0 Å². The van der Waals surface area contributed by atoms with Crippen LogP contribution in [0.5, 0.6) is 0 Å². The first-order chi connectivity index (χ1) is 10.6. The molecule has 1 saturated carbocycles. The average Bonchev–Trinajstić information content (AvgIpc) is 2.54. The minimum Gasteiger partial charge on any atom is -0.356 e. The average molecular weight is 308 g/mol. The van der Waals surface area contributed by atoms with Gasteiger partial charge in [0.2, 0.25) is 11.8 Å². The van der Waals surface area contributed by atoms with Crippen LogP contribution in [0.25, 0.3) is 0 Å². The van der Waals surface area contributed by atoms with Crippen molar-refractivity contribution in [3.63, 3.8) is 0 Å². The first-order valence-electron chi connectivity index (χ1n) is 9.14. The molecule has 0 atom stereocenters. The van der Waals surface area contributed by atoms with Gasteiger partial charge in [-0.05, 0) is 38.0 Å². The Morgan fingerprint density at radius 1 is 1.00 bits per heavy atom. The van der Waals surface area contributed by atoms with Crippen molar-refractivity contribution in [1.29, 1.82) is 0 Å². The molecule has 2 rings (SSSR count). The van der Waals surface area contributed by atoms with E-state index in [2.05, 4.69) is 19.2 Å². The van der Waals surface area contributed by atoms with Crippen LogP contribution in [-0.4, -0.2) is 36.3 Å². The van der Waals surface area contributed by atoms with Crippen LogP contribution < -0.4 is 5.32 Å². The SMILES string of the molecule is CC(C)CCNC(=O)C1CCN(C(=O)C2CCCCC2)CC1. The first kappa shape index (κ1) is 17.3. The summed E-state index contributed by atoms with van der Waals surface area (Å²) in [5.41, 5.74) is 0. The summed E-state index contributed by atoms with van der Waals surface area (Å²) in [4.78, 5) is 26.7. The van der Waals surface area contributed by atoms with Gasteiger partial charge in [-0.2, -0.15) is 0 Å². The Morgan fingerprint density at radius 2 is 1.64 bits per heavy atom. The Morgan fingerprint density at radius 3 is 2.23 bits per heavy atom. The predicted molar refractivity (Wildman–Crippen MR) is 88.3 cm³/mol. The molecule has 1 N–H and O–H groups in total. The second kappa shape index (κ2) is 8.54. The van der Waals surface area contributed by atoms with Gasteiger partial charge in [0.25, 0.3) is 0 Å². The third kappa shape index (κ3) is 4.99. The van der Waals surface area contributed by atoms with E-state index < -0.39 is 0 Å². The Kier molecular flexibility index (Phi) is 6.71. The second-order valence-corrected chi connectivity index (χ2v) is 7.41. The van der Waals surface area contributed by atoms with E-state index in [4.69, 9.17) is 0 Å². The minimum absolute atomic E-state index is 0.0996. The lowest BCUT2D eigenvalue weighted by Crippen LogP contribution is -2.45. The van der Waals surface area contributed by atoms with E-state index in [0.717, 1.165) is 51.7 Å². The van der Waals surface area contributed by atoms with Crippen molar-refractivity contribution in [2.75, 3.05) is 19.6 Å². The Hall–Kier alpha value is -1.06. The predicted octanol–water partition coefficient (Wildman–Crippen LogP) is 2.97. The van der Waals surface area contributed by atoms with Crippen molar-refractivity contribution >= 4 is 11.8 Å². The van der Waals surface area contributed by atoms with Crippen LogP contribution >= 0.6 is 0 Å². The van der Waals surface area contributed by atoms with Gasteiger partial charge in [0, 0.05) is 31.5 Å². The molecule has 22 heavy (non-hydrogen) atoms. The smallest absolute Gasteiger partial charge is 0.225 e. The van der Waals surface area contributed by atoms with Crippen LogP contribution in [0.2, 0.25) is 0 Å². The lowest BCUT2D eigenvalue weighted by Gasteiger charge is -2.34. The maximum absolute atomic E-state index is 12.5. The fourth-order valence-electron chi connectivity index (χ4n) is 3.60. The van der Waals surface area contributed by atoms with Gasteiger partial charge in [-0.25, -0.2) is 0 Å². The molecule has 1 heterocycles. The van der Waals surface area contributed by atoms with Crippen molar-refractivity contribution in [2.24, 2.45) is 17.8 Å². The van der Waals surface area contributed by atoms with Crippen molar-refractivity contribution in [3.8, 4) is 0 Å². The van der Waals surface area contributed by atoms with Crippen LogP contribution in [0, 0.1) is 17.8 Å². The van der Waals surface area contributed by atoms with Crippen molar-refractivity contribution in [2.45, 2.75) is 65.2 Å². The number of piperidine rings is 1. The minimum atomic E-state index is 0.0996. The highest BCUT2D eigenvalue weighted by Gasteiger charge is 2.31. The van der Waals surface area contributed by atoms with Crippen molar-refractivity contribution in [1.82, 2.24) is 10.2 Å². The number of likely N-dealkylation sites (tertiary alicyclic amines) is 1. The summed E-state index contributed by atoms with van der Waals surface area (Å²) in [5.74, 6) is 1.51. The molecule has 126 valence electrons. The molecule has 0 radical (unpaired) electrons. The fourth-order valence-corrected chi connectivity index (χ4v) is 3.60. The van der Waals surface area contributed by atoms with Crippen LogP contribution in [0.4, 0.5) is 0 Å². The highest BCUT2D eigenvalue weighted by atomic mass is 16.2. The number of amides is 2. The fraction of sp³-hybridized carbons (Fsp3) is 0.889. The van der Waals surface area contributed by atoms with Crippen LogP contribution in [0.3, 0.4) is 0 Å². The quantitative estimate of drug-likeness (QED) is 0.849. The zero-order valence-corrected chi connectivity index (χ0v) is 14.3. The summed E-state index contributed by atoms with van der Waals surface area (Å²) >= 11 is 0. The molecule has 0 bridgehead atoms. The monoisotopic (exact) mass is 308 g/mol. The van der Waals surface area contributed by atoms with E-state index in [0.29, 0.717) is 11.8 Å². The molecule has 2 amide bonds. The molecule has 1 aliphatic heterocycles. The van der Waals surface area contributed by atoms with Gasteiger partial charge in [0.05, 0.1) is 0 Å². The molecule has 1 aliphatic carbocycles. The zero-order chi connectivity index (χ0) is 15.9. The molecular formula is C18H32N2O2. The number of hydrogen-bond acceptors (Lipinski definition) is 2. The second-order valence-electron chi connectivity index (χ2n) is 7.41. The molecule has 4 nitrogen and oxygen atoms in total. The molecule has 0 aromatic heterocycles. The molecule has 4 heteroatoms. The largest absolute Gasteiger partial charge is 0.356 e. The lowest BCUT2D eigenvalue weighted by molar-refractivity contribution is -0.140. The highest BCUT2D eigenvalue weighted by Crippen LogP contribution is 2.27. The van der Waals surface area contributed by atoms with Gasteiger partial charge in [0.15, 0.2) is 0 Å². The molecule has 1 saturated heterocycles. The molecule has 2 aliphatic rings. The normalized spacial score (nSPS) is 21.1. The number of carbonyl (C=O) groups excluding carboxylic acids is 2. The number of nitrogens with zero attached hydrogens (tertiary/aromatic N) is 1. The van der Waals surface area contributed by atoms with Crippen LogP contribution in [-0.2, 0) is 9.59 Å². The van der Waals surface area contributed by atoms with E-state index >= 15 is 0 Å². The third-order valence-electron chi connectivity index (χ3n) is 5.15. The molecule has 0 spiro atoms. The van der Waals surface area contributed by atoms with Crippen LogP contribution in [0.1, 0.15) is 65.2 Å². The van der Waals surface area contributed by atoms with Gasteiger partial charge >= 0.3 is 0 Å². The first-order valence-corrected chi connectivity index (χ1v) is 9.14. The topological polar surface area (TPSA) is 49.4 Å². The lowest BCUT2D eigenvalue weighted by atomic mass is 9.87. The standard InChI is InChI=1S/C18H32N2O2/c1-14(2)8-11-19-17(21)15-9-12-20(13-10-15)18(22)16-6-4-3-5-7-16/h14-16H,3-13H2,1-2H3,(H,19,21). The number of rotatable bonds is 5. The van der Waals surface area contributed by atoms with E-state index in [-0.39, 0.29) is 17.7 Å². The van der Waals surface area contributed by atoms with Gasteiger partial charge in [-0.3, -0.25) is 9.59 Å². The summed E-state index contributed by atoms with van der Waals surface area (Å²) < 4.78 is 0. The molecule has 2 fully saturated rings. The molecule has 0 unspecified atom stereocenters. The van der Waals surface area contributed by atoms with Crippen molar-refractivity contribution < 1.29 is 9.59 Å². The summed E-state index contributed by atoms with van der Waals surface area (Å²) in [5, 5.41) is 3.05. The summed E-state index contributed by atoms with van der Waals surface area (Å²) in [6.45, 7) is 6.63. The van der Waals surface area contributed by atoms with E-state index in [1.165, 1.54) is 19.3 Å². The van der Waals surface area contributed by atoms with Gasteiger partial charge in [-0.1, -0.05) is 33.1 Å². The van der Waals surface area contributed by atoms with Crippen LogP contribution in [0.15, 0.2) is 0 Å². The van der Waals surface area contributed by atoms with E-state index in [1.807, 2.05) is 4.90 Å². The molecule has 0 aromatic rings. The van der Waals surface area contributed by atoms with E-state index in [9.17, 15) is 9.59 Å². The molecule has 0 aromatic carbocycles. The highest BCUT2D eigenvalue weighted by molar-refractivity contribution is 5.81. The van der Waals surface area contributed by atoms with Crippen molar-refractivity contribution in [3.05, 3.63) is 0 Å². The molecular weight excluding hydrogens is 276 g/mol.